The predicted octanol–water partition coefficient (Wildman–Crippen LogP) is 2.21. The van der Waals surface area contributed by atoms with E-state index >= 15 is 0 Å². The molecule has 1 N–H and O–H groups in total. The number of ether oxygens (including phenoxy) is 1. The maximum atomic E-state index is 12.9. The van der Waals surface area contributed by atoms with Crippen molar-refractivity contribution in [3.8, 4) is 0 Å². The molecule has 3 nitrogen and oxygen atoms in total. The lowest BCUT2D eigenvalue weighted by Crippen LogP contribution is -2.39. The highest BCUT2D eigenvalue weighted by Crippen LogP contribution is 2.24. The highest BCUT2D eigenvalue weighted by Gasteiger charge is 2.28. The fraction of sp³-hybridized carbons (Fsp3) is 0.462. The van der Waals surface area contributed by atoms with Crippen LogP contribution in [0, 0.1) is 5.82 Å². The maximum Gasteiger partial charge on any atom is 0.307 e. The van der Waals surface area contributed by atoms with Crippen molar-refractivity contribution in [2.75, 3.05) is 13.7 Å². The Morgan fingerprint density at radius 1 is 1.41 bits per heavy atom. The average Bonchev–Trinajstić information content (AvgIpc) is 2.30. The number of carbonyl (C=O) groups is 1. The molecule has 0 saturated heterocycles. The molecule has 0 aliphatic carbocycles. The Hall–Kier alpha value is -1.42. The molecule has 0 amide bonds. The molecule has 1 rings (SSSR count). The number of hydrogen-bond acceptors (Lipinski definition) is 3. The van der Waals surface area contributed by atoms with Crippen LogP contribution >= 0.6 is 0 Å². The third-order valence-corrected chi connectivity index (χ3v) is 2.84. The number of benzene rings is 1. The molecule has 4 heteroatoms. The summed E-state index contributed by atoms with van der Waals surface area (Å²) in [7, 11) is 1.77. The van der Waals surface area contributed by atoms with Gasteiger partial charge in [-0.15, -0.1) is 0 Å². The van der Waals surface area contributed by atoms with E-state index in [4.69, 9.17) is 4.74 Å². The topological polar surface area (TPSA) is 38.3 Å². The number of nitrogens with one attached hydrogen (secondary N) is 1. The van der Waals surface area contributed by atoms with Crippen molar-refractivity contribution < 1.29 is 13.9 Å². The minimum atomic E-state index is -0.542. The van der Waals surface area contributed by atoms with Crippen LogP contribution in [0.5, 0.6) is 0 Å². The summed E-state index contributed by atoms with van der Waals surface area (Å²) in [4.78, 5) is 11.5. The molecule has 1 unspecified atom stereocenters. The molecular weight excluding hydrogens is 221 g/mol. The molecule has 17 heavy (non-hydrogen) atoms. The quantitative estimate of drug-likeness (QED) is 0.801. The molecule has 0 radical (unpaired) electrons. The molecule has 1 aromatic rings. The van der Waals surface area contributed by atoms with Crippen LogP contribution in [-0.4, -0.2) is 19.6 Å². The minimum absolute atomic E-state index is 0.211. The highest BCUT2D eigenvalue weighted by molar-refractivity contribution is 5.71. The number of halogens is 1. The van der Waals surface area contributed by atoms with Crippen molar-refractivity contribution in [2.45, 2.75) is 25.8 Å². The van der Waals surface area contributed by atoms with Crippen molar-refractivity contribution in [2.24, 2.45) is 0 Å². The second-order valence-electron chi connectivity index (χ2n) is 4.07. The first-order valence-electron chi connectivity index (χ1n) is 5.62. The van der Waals surface area contributed by atoms with Crippen LogP contribution < -0.4 is 5.32 Å². The molecule has 0 aromatic heterocycles. The van der Waals surface area contributed by atoms with Crippen LogP contribution in [0.25, 0.3) is 0 Å². The molecule has 0 spiro atoms. The van der Waals surface area contributed by atoms with Gasteiger partial charge in [0.1, 0.15) is 5.82 Å². The highest BCUT2D eigenvalue weighted by atomic mass is 19.1. The largest absolute Gasteiger partial charge is 0.466 e. The zero-order chi connectivity index (χ0) is 12.9. The Labute approximate surface area is 101 Å². The van der Waals surface area contributed by atoms with Gasteiger partial charge in [-0.05, 0) is 38.6 Å². The van der Waals surface area contributed by atoms with Crippen molar-refractivity contribution >= 4 is 5.97 Å². The van der Waals surface area contributed by atoms with E-state index in [2.05, 4.69) is 5.32 Å². The summed E-state index contributed by atoms with van der Waals surface area (Å²) in [5, 5.41) is 3.08. The normalized spacial score (nSPS) is 14.1. The van der Waals surface area contributed by atoms with E-state index in [9.17, 15) is 9.18 Å². The Kier molecular flexibility index (Phi) is 4.63. The van der Waals surface area contributed by atoms with E-state index in [-0.39, 0.29) is 18.2 Å². The Bertz CT molecular complexity index is 378. The summed E-state index contributed by atoms with van der Waals surface area (Å²) >= 11 is 0. The molecule has 94 valence electrons. The number of hydrogen-bond donors (Lipinski definition) is 1. The van der Waals surface area contributed by atoms with Gasteiger partial charge in [-0.2, -0.15) is 0 Å². The maximum absolute atomic E-state index is 12.9. The molecule has 0 saturated carbocycles. The number of rotatable bonds is 5. The van der Waals surface area contributed by atoms with E-state index in [1.165, 1.54) is 12.1 Å². The smallest absolute Gasteiger partial charge is 0.307 e. The Morgan fingerprint density at radius 3 is 2.47 bits per heavy atom. The summed E-state index contributed by atoms with van der Waals surface area (Å²) in [6.45, 7) is 4.02. The van der Waals surface area contributed by atoms with Crippen LogP contribution in [-0.2, 0) is 15.1 Å². The zero-order valence-corrected chi connectivity index (χ0v) is 10.4. The van der Waals surface area contributed by atoms with Crippen LogP contribution in [0.3, 0.4) is 0 Å². The molecule has 0 aliphatic heterocycles. The fourth-order valence-electron chi connectivity index (χ4n) is 1.65. The van der Waals surface area contributed by atoms with Gasteiger partial charge in [-0.3, -0.25) is 4.79 Å². The van der Waals surface area contributed by atoms with Gasteiger partial charge in [0.25, 0.3) is 0 Å². The Morgan fingerprint density at radius 2 is 2.00 bits per heavy atom. The third-order valence-electron chi connectivity index (χ3n) is 2.84. The lowest BCUT2D eigenvalue weighted by atomic mass is 9.89. The number of carbonyl (C=O) groups excluding carboxylic acids is 1. The standard InChI is InChI=1S/C13H18FNO2/c1-4-17-12(16)9-13(2,15-3)10-5-7-11(14)8-6-10/h5-8,15H,4,9H2,1-3H3. The van der Waals surface area contributed by atoms with Crippen molar-refractivity contribution in [3.63, 3.8) is 0 Å². The summed E-state index contributed by atoms with van der Waals surface area (Å²) in [6.07, 6.45) is 0.211. The first kappa shape index (κ1) is 13.6. The van der Waals surface area contributed by atoms with E-state index in [1.54, 1.807) is 26.1 Å². The van der Waals surface area contributed by atoms with Gasteiger partial charge in [-0.1, -0.05) is 12.1 Å². The van der Waals surface area contributed by atoms with Crippen molar-refractivity contribution in [1.82, 2.24) is 5.32 Å². The van der Waals surface area contributed by atoms with Crippen LogP contribution in [0.15, 0.2) is 24.3 Å². The first-order chi connectivity index (χ1) is 8.01. The molecule has 0 aliphatic rings. The zero-order valence-electron chi connectivity index (χ0n) is 10.4. The van der Waals surface area contributed by atoms with Gasteiger partial charge in [-0.25, -0.2) is 4.39 Å². The summed E-state index contributed by atoms with van der Waals surface area (Å²) in [5.41, 5.74) is 0.314. The second kappa shape index (κ2) is 5.77. The lowest BCUT2D eigenvalue weighted by molar-refractivity contribution is -0.144. The van der Waals surface area contributed by atoms with Crippen LogP contribution in [0.2, 0.25) is 0 Å². The van der Waals surface area contributed by atoms with Crippen molar-refractivity contribution in [1.29, 1.82) is 0 Å². The van der Waals surface area contributed by atoms with Gasteiger partial charge in [0, 0.05) is 0 Å². The third kappa shape index (κ3) is 3.53. The first-order valence-corrected chi connectivity index (χ1v) is 5.62. The fourth-order valence-corrected chi connectivity index (χ4v) is 1.65. The predicted molar refractivity (Wildman–Crippen MR) is 64.1 cm³/mol. The molecule has 0 bridgehead atoms. The molecule has 1 atom stereocenters. The van der Waals surface area contributed by atoms with Crippen molar-refractivity contribution in [3.05, 3.63) is 35.6 Å². The monoisotopic (exact) mass is 239 g/mol. The van der Waals surface area contributed by atoms with Crippen LogP contribution in [0.4, 0.5) is 4.39 Å². The van der Waals surface area contributed by atoms with Crippen LogP contribution in [0.1, 0.15) is 25.8 Å². The molecule has 0 fully saturated rings. The van der Waals surface area contributed by atoms with Gasteiger partial charge >= 0.3 is 5.97 Å². The van der Waals surface area contributed by atoms with E-state index < -0.39 is 5.54 Å². The van der Waals surface area contributed by atoms with Gasteiger partial charge in [0.15, 0.2) is 0 Å². The van der Waals surface area contributed by atoms with Gasteiger partial charge in [0.05, 0.1) is 18.6 Å². The van der Waals surface area contributed by atoms with E-state index in [0.717, 1.165) is 5.56 Å². The van der Waals surface area contributed by atoms with Gasteiger partial charge in [0.2, 0.25) is 0 Å². The van der Waals surface area contributed by atoms with Gasteiger partial charge < -0.3 is 10.1 Å². The van der Waals surface area contributed by atoms with E-state index in [1.807, 2.05) is 6.92 Å². The summed E-state index contributed by atoms with van der Waals surface area (Å²) in [5.74, 6) is -0.558. The molecule has 0 heterocycles. The average molecular weight is 239 g/mol. The Balaban J connectivity index is 2.87. The summed E-state index contributed by atoms with van der Waals surface area (Å²) in [6, 6.07) is 6.11. The second-order valence-corrected chi connectivity index (χ2v) is 4.07. The van der Waals surface area contributed by atoms with E-state index in [0.29, 0.717) is 6.61 Å². The SMILES string of the molecule is CCOC(=O)CC(C)(NC)c1ccc(F)cc1. The molecular formula is C13H18FNO2. The number of esters is 1. The lowest BCUT2D eigenvalue weighted by Gasteiger charge is -2.28. The summed E-state index contributed by atoms with van der Waals surface area (Å²) < 4.78 is 17.8. The molecule has 1 aromatic carbocycles. The minimum Gasteiger partial charge on any atom is -0.466 e.